The third-order valence-electron chi connectivity index (χ3n) is 3.08. The lowest BCUT2D eigenvalue weighted by molar-refractivity contribution is -0.141. The molecule has 90 valence electrons. The summed E-state index contributed by atoms with van der Waals surface area (Å²) in [5.41, 5.74) is 0.649. The number of carbonyl (C=O) groups excluding carboxylic acids is 1. The second-order valence-corrected chi connectivity index (χ2v) is 4.28. The van der Waals surface area contributed by atoms with Crippen LogP contribution in [0, 0.1) is 11.8 Å². The van der Waals surface area contributed by atoms with Gasteiger partial charge in [0.25, 0.3) is 0 Å². The average molecular weight is 234 g/mol. The van der Waals surface area contributed by atoms with Crippen LogP contribution >= 0.6 is 0 Å². The van der Waals surface area contributed by atoms with Gasteiger partial charge in [0.1, 0.15) is 0 Å². The maximum Gasteiger partial charge on any atom is 0.306 e. The molecule has 1 amide bonds. The Bertz CT molecular complexity index is 419. The Morgan fingerprint density at radius 2 is 2.12 bits per heavy atom. The van der Waals surface area contributed by atoms with Crippen molar-refractivity contribution in [2.45, 2.75) is 19.3 Å². The van der Waals surface area contributed by atoms with E-state index in [9.17, 15) is 9.59 Å². The molecule has 1 aliphatic carbocycles. The lowest BCUT2D eigenvalue weighted by atomic mass is 10.0. The highest BCUT2D eigenvalue weighted by Crippen LogP contribution is 2.31. The molecule has 5 nitrogen and oxygen atoms in total. The van der Waals surface area contributed by atoms with Crippen LogP contribution in [0.5, 0.6) is 0 Å². The van der Waals surface area contributed by atoms with E-state index in [2.05, 4.69) is 10.3 Å². The van der Waals surface area contributed by atoms with E-state index in [1.54, 1.807) is 24.5 Å². The van der Waals surface area contributed by atoms with Gasteiger partial charge in [-0.3, -0.25) is 14.6 Å². The minimum absolute atomic E-state index is 0.109. The van der Waals surface area contributed by atoms with Crippen molar-refractivity contribution >= 4 is 17.6 Å². The molecule has 0 spiro atoms. The van der Waals surface area contributed by atoms with Gasteiger partial charge in [-0.1, -0.05) is 0 Å². The van der Waals surface area contributed by atoms with Crippen molar-refractivity contribution in [2.24, 2.45) is 11.8 Å². The summed E-state index contributed by atoms with van der Waals surface area (Å²) < 4.78 is 0. The number of aromatic nitrogens is 1. The largest absolute Gasteiger partial charge is 0.481 e. The van der Waals surface area contributed by atoms with E-state index < -0.39 is 5.97 Å². The number of rotatable bonds is 3. The topological polar surface area (TPSA) is 79.3 Å². The normalized spacial score (nSPS) is 23.3. The molecule has 2 atom stereocenters. The predicted octanol–water partition coefficient (Wildman–Crippen LogP) is 1.52. The van der Waals surface area contributed by atoms with E-state index in [0.717, 1.165) is 0 Å². The highest BCUT2D eigenvalue weighted by atomic mass is 16.4. The molecule has 1 aliphatic rings. The molecule has 0 aromatic carbocycles. The lowest BCUT2D eigenvalue weighted by Crippen LogP contribution is -2.21. The minimum Gasteiger partial charge on any atom is -0.481 e. The van der Waals surface area contributed by atoms with Crippen LogP contribution in [0.15, 0.2) is 24.5 Å². The number of hydrogen-bond donors (Lipinski definition) is 2. The molecule has 1 aromatic heterocycles. The highest BCUT2D eigenvalue weighted by Gasteiger charge is 2.33. The lowest BCUT2D eigenvalue weighted by Gasteiger charge is -2.10. The van der Waals surface area contributed by atoms with E-state index in [-0.39, 0.29) is 17.7 Å². The second-order valence-electron chi connectivity index (χ2n) is 4.28. The number of carbonyl (C=O) groups is 2. The summed E-state index contributed by atoms with van der Waals surface area (Å²) in [6.07, 6.45) is 4.86. The van der Waals surface area contributed by atoms with Crippen LogP contribution in [0.2, 0.25) is 0 Å². The molecule has 1 aromatic rings. The standard InChI is InChI=1S/C12H14N2O3/c15-11(14-10-2-1-5-13-7-10)8-3-4-9(6-8)12(16)17/h1-2,5,7-9H,3-4,6H2,(H,14,15)(H,16,17)/t8-,9+/m1/s1. The number of amides is 1. The first-order valence-electron chi connectivity index (χ1n) is 5.60. The van der Waals surface area contributed by atoms with Gasteiger partial charge in [0.05, 0.1) is 17.8 Å². The fourth-order valence-corrected chi connectivity index (χ4v) is 2.12. The quantitative estimate of drug-likeness (QED) is 0.831. The molecule has 0 aliphatic heterocycles. The number of carboxylic acid groups (broad SMARTS) is 1. The number of pyridine rings is 1. The molecule has 2 rings (SSSR count). The molecule has 1 fully saturated rings. The maximum atomic E-state index is 11.9. The van der Waals surface area contributed by atoms with E-state index in [4.69, 9.17) is 5.11 Å². The molecule has 17 heavy (non-hydrogen) atoms. The Morgan fingerprint density at radius 1 is 1.35 bits per heavy atom. The number of hydrogen-bond acceptors (Lipinski definition) is 3. The SMILES string of the molecule is O=C(O)[C@H]1CC[C@@H](C(=O)Nc2cccnc2)C1. The van der Waals surface area contributed by atoms with Crippen molar-refractivity contribution in [1.29, 1.82) is 0 Å². The van der Waals surface area contributed by atoms with Crippen molar-refractivity contribution in [3.8, 4) is 0 Å². The first-order valence-corrected chi connectivity index (χ1v) is 5.60. The van der Waals surface area contributed by atoms with E-state index in [1.807, 2.05) is 0 Å². The Labute approximate surface area is 98.9 Å². The summed E-state index contributed by atoms with van der Waals surface area (Å²) >= 11 is 0. The van der Waals surface area contributed by atoms with Gasteiger partial charge in [-0.15, -0.1) is 0 Å². The zero-order chi connectivity index (χ0) is 12.3. The molecule has 0 saturated heterocycles. The van der Waals surface area contributed by atoms with Crippen LogP contribution in [-0.4, -0.2) is 22.0 Å². The molecule has 0 unspecified atom stereocenters. The maximum absolute atomic E-state index is 11.9. The van der Waals surface area contributed by atoms with E-state index >= 15 is 0 Å². The fourth-order valence-electron chi connectivity index (χ4n) is 2.12. The average Bonchev–Trinajstić information content (AvgIpc) is 2.79. The monoisotopic (exact) mass is 234 g/mol. The third-order valence-corrected chi connectivity index (χ3v) is 3.08. The predicted molar refractivity (Wildman–Crippen MR) is 61.3 cm³/mol. The van der Waals surface area contributed by atoms with Crippen LogP contribution in [0.4, 0.5) is 5.69 Å². The molecule has 5 heteroatoms. The fraction of sp³-hybridized carbons (Fsp3) is 0.417. The van der Waals surface area contributed by atoms with Gasteiger partial charge in [0.15, 0.2) is 0 Å². The summed E-state index contributed by atoms with van der Waals surface area (Å²) in [5.74, 6) is -1.49. The van der Waals surface area contributed by atoms with Crippen molar-refractivity contribution in [1.82, 2.24) is 4.98 Å². The van der Waals surface area contributed by atoms with Gasteiger partial charge >= 0.3 is 5.97 Å². The Morgan fingerprint density at radius 3 is 2.71 bits per heavy atom. The van der Waals surface area contributed by atoms with Crippen LogP contribution in [-0.2, 0) is 9.59 Å². The minimum atomic E-state index is -0.804. The molecule has 0 bridgehead atoms. The van der Waals surface area contributed by atoms with Gasteiger partial charge in [-0.05, 0) is 31.4 Å². The number of nitrogens with zero attached hydrogens (tertiary/aromatic N) is 1. The van der Waals surface area contributed by atoms with Crippen LogP contribution in [0.25, 0.3) is 0 Å². The summed E-state index contributed by atoms with van der Waals surface area (Å²) in [5, 5.41) is 11.6. The molecular weight excluding hydrogens is 220 g/mol. The Hall–Kier alpha value is -1.91. The first kappa shape index (κ1) is 11.6. The van der Waals surface area contributed by atoms with Gasteiger partial charge < -0.3 is 10.4 Å². The number of anilines is 1. The van der Waals surface area contributed by atoms with E-state index in [0.29, 0.717) is 24.9 Å². The number of aliphatic carboxylic acids is 1. The summed E-state index contributed by atoms with van der Waals surface area (Å²) in [7, 11) is 0. The highest BCUT2D eigenvalue weighted by molar-refractivity contribution is 5.93. The number of carboxylic acids is 1. The molecule has 1 heterocycles. The van der Waals surface area contributed by atoms with Crippen molar-refractivity contribution in [3.63, 3.8) is 0 Å². The van der Waals surface area contributed by atoms with Crippen LogP contribution in [0.1, 0.15) is 19.3 Å². The number of nitrogens with one attached hydrogen (secondary N) is 1. The Kier molecular flexibility index (Phi) is 3.37. The molecule has 0 radical (unpaired) electrons. The van der Waals surface area contributed by atoms with Crippen LogP contribution in [0.3, 0.4) is 0 Å². The van der Waals surface area contributed by atoms with Crippen molar-refractivity contribution in [3.05, 3.63) is 24.5 Å². The van der Waals surface area contributed by atoms with Crippen LogP contribution < -0.4 is 5.32 Å². The molecule has 1 saturated carbocycles. The van der Waals surface area contributed by atoms with Gasteiger partial charge in [0, 0.05) is 12.1 Å². The van der Waals surface area contributed by atoms with E-state index in [1.165, 1.54) is 0 Å². The second kappa shape index (κ2) is 4.95. The first-order chi connectivity index (χ1) is 8.16. The van der Waals surface area contributed by atoms with Crippen molar-refractivity contribution in [2.75, 3.05) is 5.32 Å². The zero-order valence-corrected chi connectivity index (χ0v) is 9.30. The van der Waals surface area contributed by atoms with Crippen molar-refractivity contribution < 1.29 is 14.7 Å². The molecular formula is C12H14N2O3. The zero-order valence-electron chi connectivity index (χ0n) is 9.30. The Balaban J connectivity index is 1.92. The summed E-state index contributed by atoms with van der Waals surface area (Å²) in [6.45, 7) is 0. The smallest absolute Gasteiger partial charge is 0.306 e. The summed E-state index contributed by atoms with van der Waals surface area (Å²) in [4.78, 5) is 26.5. The van der Waals surface area contributed by atoms with Gasteiger partial charge in [-0.25, -0.2) is 0 Å². The van der Waals surface area contributed by atoms with Gasteiger partial charge in [0.2, 0.25) is 5.91 Å². The summed E-state index contributed by atoms with van der Waals surface area (Å²) in [6, 6.07) is 3.50. The third kappa shape index (κ3) is 2.81. The molecule has 2 N–H and O–H groups in total. The van der Waals surface area contributed by atoms with Gasteiger partial charge in [-0.2, -0.15) is 0 Å².